The van der Waals surface area contributed by atoms with Gasteiger partial charge in [0.15, 0.2) is 69.9 Å². The lowest BCUT2D eigenvalue weighted by Gasteiger charge is -2.32. The van der Waals surface area contributed by atoms with Crippen molar-refractivity contribution in [1.29, 1.82) is 0 Å². The topological polar surface area (TPSA) is 685 Å². The van der Waals surface area contributed by atoms with Crippen LogP contribution in [0.3, 0.4) is 0 Å². The van der Waals surface area contributed by atoms with E-state index in [1.807, 2.05) is 0 Å². The zero-order valence-electron chi connectivity index (χ0n) is 45.1. The van der Waals surface area contributed by atoms with Gasteiger partial charge in [-0.05, 0) is 0 Å². The number of rotatable bonds is 4. The quantitative estimate of drug-likeness (QED) is 0.0729. The molecule has 4 unspecified atom stereocenters. The minimum Gasteiger partial charge on any atom is -0.756 e. The molecule has 8 aromatic heterocycles. The minimum atomic E-state index is -5.35. The Balaban J connectivity index is 0.000000167. The monoisotopic (exact) mass is 1360 g/mol. The first-order chi connectivity index (χ1) is 43.0. The standard InChI is InChI=1S/C20H24N10O14P2.C20H24N10O13P2/c21-19-25-13-7(15(33)27-19)23-3-29(13)17-9(31)11-5(41-17)1-39-45(35,36)44-12-6(2-40-46(37,38)43-11)42-18(10(12)32)30-4-24-8-14(30)26-20(22)28-16(8)34;21-14-8-15(24-3-23-14)29(4-25-8)18-11(32)12-7(41-18)2-39-45(36,37)43-13-10(31)6(1-38-44(34,35)42-12)40-19(13)30-5-26-9-16(30)27-20(22)28-17(9)33/h3-6,9-12,17-18,31-32H,1-2H2,(H,35,36)(H,37,38)(H3,21,25,27,33)(H3,22,26,28,34);3-7,10-13,18-19,31-32H,1-2H2,(H,34,35)(H,36,37)(H2,21,23,24)(H3,22,27,28,33)/p-2/t5-,6-,9-,10-,11-,12-,17-,18-;6-,7-,10-,11-,12-,13-,18-,19-/m11/s1. The van der Waals surface area contributed by atoms with E-state index in [0.717, 1.165) is 39.0 Å². The Morgan fingerprint density at radius 1 is 0.440 bits per heavy atom. The second kappa shape index (κ2) is 23.2. The number of anilines is 4. The largest absolute Gasteiger partial charge is 0.756 e. The summed E-state index contributed by atoms with van der Waals surface area (Å²) >= 11 is 0. The minimum absolute atomic E-state index is 0.0243. The Hall–Kier alpha value is -7.08. The molecule has 2 bridgehead atoms. The maximum Gasteiger partial charge on any atom is 0.472 e. The highest BCUT2D eigenvalue weighted by Gasteiger charge is 2.55. The molecule has 0 amide bonds. The first-order valence-corrected chi connectivity index (χ1v) is 32.0. The van der Waals surface area contributed by atoms with Crippen molar-refractivity contribution in [2.45, 2.75) is 98.2 Å². The summed E-state index contributed by atoms with van der Waals surface area (Å²) < 4.78 is 121. The number of aromatic nitrogens is 16. The van der Waals surface area contributed by atoms with Gasteiger partial charge in [-0.15, -0.1) is 0 Å². The maximum absolute atomic E-state index is 13.2. The fourth-order valence-electron chi connectivity index (χ4n) is 10.7. The SMILES string of the molecule is Nc1nc2c(ncn2[C@@H]2O[C@@H]3COP(=O)(O)O[C@H]4[C@@H](O)[C@H](n5cnc6c(=O)[nH]c(N)nc65)O[C@@H]4COP(=O)([O-])O[C@H]3[C@H]2O)c(=O)[nH]1.Nc1nc2c(ncn2[C@@H]2O[C@@H]3COP(=O)([O-])O[C@H]4[C@@H](O)[C@H](n5cnc6c(N)ncnc65)O[C@@H]4COP(=O)(O)O[C@@H]2[C@@H]3O)c(=O)[nH]1. The molecule has 47 nitrogen and oxygen atoms in total. The van der Waals surface area contributed by atoms with Gasteiger partial charge >= 0.3 is 15.6 Å². The van der Waals surface area contributed by atoms with E-state index in [9.17, 15) is 72.6 Å². The average Bonchev–Trinajstić information content (AvgIpc) is 1.64. The number of aliphatic hydroxyl groups is 4. The maximum atomic E-state index is 13.2. The summed E-state index contributed by atoms with van der Waals surface area (Å²) in [5.74, 6) is -0.848. The summed E-state index contributed by atoms with van der Waals surface area (Å²) in [6.45, 7) is -3.57. The van der Waals surface area contributed by atoms with Crippen molar-refractivity contribution in [2.24, 2.45) is 0 Å². The first-order valence-electron chi connectivity index (χ1n) is 26.1. The highest BCUT2D eigenvalue weighted by atomic mass is 31.2. The molecule has 6 fully saturated rings. The lowest BCUT2D eigenvalue weighted by Crippen LogP contribution is -2.40. The molecule has 6 saturated heterocycles. The predicted molar refractivity (Wildman–Crippen MR) is 285 cm³/mol. The van der Waals surface area contributed by atoms with Crippen LogP contribution in [0.4, 0.5) is 23.7 Å². The molecule has 14 heterocycles. The number of nitrogens with one attached hydrogen (secondary N) is 3. The van der Waals surface area contributed by atoms with E-state index in [1.165, 1.54) is 10.9 Å². The number of phosphoric acid groups is 4. The van der Waals surface area contributed by atoms with E-state index in [-0.39, 0.29) is 68.3 Å². The highest BCUT2D eigenvalue weighted by Crippen LogP contribution is 2.55. The van der Waals surface area contributed by atoms with Crippen molar-refractivity contribution in [1.82, 2.24) is 78.1 Å². The number of nitrogens with two attached hydrogens (primary N) is 4. The number of hydrogen-bond acceptors (Lipinski definition) is 38. The summed E-state index contributed by atoms with van der Waals surface area (Å²) in [4.78, 5) is 126. The number of imidazole rings is 4. The summed E-state index contributed by atoms with van der Waals surface area (Å²) in [6.07, 6.45) is -20.7. The summed E-state index contributed by atoms with van der Waals surface area (Å²) in [6, 6.07) is 0. The molecule has 0 spiro atoms. The number of aromatic amines is 3. The van der Waals surface area contributed by atoms with Crippen molar-refractivity contribution in [2.75, 3.05) is 49.4 Å². The Kier molecular flexibility index (Phi) is 16.0. The normalized spacial score (nSPS) is 37.4. The Bertz CT molecular complexity index is 4400. The second-order valence-electron chi connectivity index (χ2n) is 20.4. The van der Waals surface area contributed by atoms with E-state index in [1.54, 1.807) is 0 Å². The third kappa shape index (κ3) is 11.8. The molecule has 14 rings (SSSR count). The average molecular weight is 1360 g/mol. The number of hydrogen-bond donors (Lipinski definition) is 13. The van der Waals surface area contributed by atoms with E-state index in [4.69, 9.17) is 78.1 Å². The van der Waals surface area contributed by atoms with Crippen LogP contribution in [0.25, 0.3) is 44.7 Å². The van der Waals surface area contributed by atoms with Gasteiger partial charge in [0, 0.05) is 0 Å². The van der Waals surface area contributed by atoms with Crippen LogP contribution in [0.2, 0.25) is 0 Å². The summed E-state index contributed by atoms with van der Waals surface area (Å²) in [7, 11) is -20.9. The van der Waals surface area contributed by atoms with Gasteiger partial charge in [-0.1, -0.05) is 0 Å². The van der Waals surface area contributed by atoms with Crippen molar-refractivity contribution < 1.29 is 113 Å². The lowest BCUT2D eigenvalue weighted by molar-refractivity contribution is -0.237. The van der Waals surface area contributed by atoms with E-state index >= 15 is 0 Å². The molecule has 17 N–H and O–H groups in total. The highest BCUT2D eigenvalue weighted by molar-refractivity contribution is 7.47. The van der Waals surface area contributed by atoms with Gasteiger partial charge < -0.3 is 100.0 Å². The summed E-state index contributed by atoms with van der Waals surface area (Å²) in [5, 5.41) is 44.3. The van der Waals surface area contributed by atoms with Crippen LogP contribution in [-0.2, 0) is 73.4 Å². The van der Waals surface area contributed by atoms with Gasteiger partial charge in [-0.3, -0.25) is 74.8 Å². The van der Waals surface area contributed by atoms with Crippen LogP contribution in [0, 0.1) is 0 Å². The first kappa shape index (κ1) is 62.7. The van der Waals surface area contributed by atoms with Gasteiger partial charge in [0.1, 0.15) is 85.1 Å². The van der Waals surface area contributed by atoms with Crippen LogP contribution in [0.1, 0.15) is 24.9 Å². The Morgan fingerprint density at radius 2 is 0.780 bits per heavy atom. The van der Waals surface area contributed by atoms with Gasteiger partial charge in [0.2, 0.25) is 17.8 Å². The molecule has 91 heavy (non-hydrogen) atoms. The molecule has 0 saturated carbocycles. The number of phosphoric ester groups is 4. The lowest BCUT2D eigenvalue weighted by atomic mass is 10.1. The van der Waals surface area contributed by atoms with E-state index < -0.39 is 173 Å². The smallest absolute Gasteiger partial charge is 0.472 e. The van der Waals surface area contributed by atoms with Crippen molar-refractivity contribution in [3.63, 3.8) is 0 Å². The predicted octanol–water partition coefficient (Wildman–Crippen LogP) is -6.65. The Labute approximate surface area is 500 Å². The number of fused-ring (bicyclic) bond motifs is 9. The molecule has 0 aromatic carbocycles. The third-order valence-electron chi connectivity index (χ3n) is 14.7. The second-order valence-corrected chi connectivity index (χ2v) is 26.0. The zero-order chi connectivity index (χ0) is 64.5. The third-order valence-corrected chi connectivity index (χ3v) is 18.6. The molecule has 6 aliphatic heterocycles. The number of aliphatic hydroxyl groups excluding tert-OH is 4. The molecule has 51 heteroatoms. The van der Waals surface area contributed by atoms with Crippen molar-refractivity contribution in [3.8, 4) is 0 Å². The molecule has 20 atom stereocenters. The fourth-order valence-corrected chi connectivity index (χ4v) is 14.5. The molecule has 6 aliphatic rings. The molecular formula is C40H46N20O27P4-2. The summed E-state index contributed by atoms with van der Waals surface area (Å²) in [5.41, 5.74) is 19.9. The fraction of sp³-hybridized carbons (Fsp3) is 0.500. The number of nitrogen functional groups attached to an aromatic ring is 4. The zero-order valence-corrected chi connectivity index (χ0v) is 48.7. The van der Waals surface area contributed by atoms with Gasteiger partial charge in [0.05, 0.1) is 51.7 Å². The Morgan fingerprint density at radius 3 is 1.21 bits per heavy atom. The van der Waals surface area contributed by atoms with Gasteiger partial charge in [-0.25, -0.2) is 39.0 Å². The van der Waals surface area contributed by atoms with Crippen LogP contribution < -0.4 is 49.4 Å². The number of H-pyrrole nitrogens is 3. The molecule has 0 radical (unpaired) electrons. The molecule has 490 valence electrons. The van der Waals surface area contributed by atoms with Gasteiger partial charge in [-0.2, -0.15) is 15.0 Å². The van der Waals surface area contributed by atoms with Crippen LogP contribution in [-0.4, -0.2) is 208 Å². The van der Waals surface area contributed by atoms with Crippen LogP contribution in [0.5, 0.6) is 0 Å². The van der Waals surface area contributed by atoms with Crippen molar-refractivity contribution >= 4 is 99.6 Å². The van der Waals surface area contributed by atoms with Crippen LogP contribution >= 0.6 is 31.3 Å². The van der Waals surface area contributed by atoms with Gasteiger partial charge in [0.25, 0.3) is 32.3 Å². The number of nitrogens with zero attached hydrogens (tertiary/aromatic N) is 13. The van der Waals surface area contributed by atoms with Crippen LogP contribution in [0.15, 0.2) is 46.0 Å². The van der Waals surface area contributed by atoms with E-state index in [0.29, 0.717) is 0 Å². The molecular weight excluding hydrogens is 1320 g/mol. The number of ether oxygens (including phenoxy) is 4. The molecule has 0 aliphatic carbocycles. The molecule has 8 aromatic rings. The van der Waals surface area contributed by atoms with Crippen molar-refractivity contribution in [3.05, 3.63) is 62.7 Å². The van der Waals surface area contributed by atoms with E-state index in [2.05, 4.69) is 59.8 Å².